The van der Waals surface area contributed by atoms with E-state index in [2.05, 4.69) is 52.0 Å². The molecule has 0 saturated heterocycles. The zero-order chi connectivity index (χ0) is 49.1. The lowest BCUT2D eigenvalue weighted by Gasteiger charge is -2.11. The molecule has 4 unspecified atom stereocenters. The summed E-state index contributed by atoms with van der Waals surface area (Å²) in [5.41, 5.74) is 0. The molecule has 2 aliphatic carbocycles. The SMILES string of the molecule is CCCCC/C=C\C/C=C\CCCCCCCCOC[C@H](O)CCCCCCCCCCC.CCCCCCCCCCC[C@@H](O)COCCCCCCCCC1CC1CC1CC1CCCCC. The second-order valence-electron chi connectivity index (χ2n) is 22.4. The highest BCUT2D eigenvalue weighted by molar-refractivity contribution is 4.95. The van der Waals surface area contributed by atoms with E-state index < -0.39 is 0 Å². The number of aliphatic hydroxyl groups excluding tert-OH is 2. The minimum absolute atomic E-state index is 0.252. The Hall–Kier alpha value is -0.680. The number of rotatable bonds is 54. The maximum atomic E-state index is 10.1. The summed E-state index contributed by atoms with van der Waals surface area (Å²) in [5.74, 6) is 4.46. The minimum atomic E-state index is -0.265. The third-order valence-corrected chi connectivity index (χ3v) is 15.4. The zero-order valence-corrected chi connectivity index (χ0v) is 46.8. The summed E-state index contributed by atoms with van der Waals surface area (Å²) in [4.78, 5) is 0. The Kier molecular flexibility index (Phi) is 50.6. The third kappa shape index (κ3) is 47.6. The fourth-order valence-electron chi connectivity index (χ4n) is 10.4. The van der Waals surface area contributed by atoms with Crippen molar-refractivity contribution in [2.75, 3.05) is 26.4 Å². The number of aliphatic hydroxyl groups is 2. The number of allylic oxidation sites excluding steroid dienone is 4. The van der Waals surface area contributed by atoms with Crippen LogP contribution in [0.2, 0.25) is 0 Å². The number of hydrogen-bond acceptors (Lipinski definition) is 4. The van der Waals surface area contributed by atoms with Crippen molar-refractivity contribution in [1.29, 1.82) is 0 Å². The summed E-state index contributed by atoms with van der Waals surface area (Å²) in [7, 11) is 0. The summed E-state index contributed by atoms with van der Waals surface area (Å²) in [6.07, 6.45) is 70.1. The lowest BCUT2D eigenvalue weighted by atomic mass is 10.0. The Morgan fingerprint density at radius 3 is 1.09 bits per heavy atom. The van der Waals surface area contributed by atoms with E-state index in [0.717, 1.165) is 81.8 Å². The van der Waals surface area contributed by atoms with E-state index in [1.54, 1.807) is 19.3 Å². The molecule has 0 aromatic heterocycles. The van der Waals surface area contributed by atoms with Gasteiger partial charge in [0, 0.05) is 13.2 Å². The van der Waals surface area contributed by atoms with Gasteiger partial charge in [-0.2, -0.15) is 0 Å². The van der Waals surface area contributed by atoms with Crippen LogP contribution in [-0.4, -0.2) is 48.8 Å². The number of hydrogen-bond donors (Lipinski definition) is 2. The Bertz CT molecular complexity index is 1030. The van der Waals surface area contributed by atoms with Gasteiger partial charge in [0.1, 0.15) is 0 Å². The van der Waals surface area contributed by atoms with Crippen LogP contribution in [0.3, 0.4) is 0 Å². The normalized spacial score (nSPS) is 18.7. The fraction of sp³-hybridized carbons (Fsp3) is 0.938. The topological polar surface area (TPSA) is 58.9 Å². The van der Waals surface area contributed by atoms with Gasteiger partial charge in [-0.15, -0.1) is 0 Å². The molecule has 2 saturated carbocycles. The van der Waals surface area contributed by atoms with E-state index in [0.29, 0.717) is 13.2 Å². The first-order chi connectivity index (χ1) is 33.5. The van der Waals surface area contributed by atoms with E-state index in [4.69, 9.17) is 9.47 Å². The summed E-state index contributed by atoms with van der Waals surface area (Å²) < 4.78 is 11.4. The zero-order valence-electron chi connectivity index (χ0n) is 46.8. The molecule has 0 amide bonds. The molecule has 0 aromatic rings. The highest BCUT2D eigenvalue weighted by atomic mass is 16.5. The lowest BCUT2D eigenvalue weighted by Crippen LogP contribution is -2.15. The molecule has 0 aliphatic heterocycles. The molecule has 0 bridgehead atoms. The number of ether oxygens (including phenoxy) is 2. The van der Waals surface area contributed by atoms with Gasteiger partial charge in [-0.05, 0) is 101 Å². The Morgan fingerprint density at radius 1 is 0.353 bits per heavy atom. The molecule has 2 rings (SSSR count). The largest absolute Gasteiger partial charge is 0.391 e. The van der Waals surface area contributed by atoms with E-state index in [-0.39, 0.29) is 12.2 Å². The molecule has 6 atom stereocenters. The van der Waals surface area contributed by atoms with Crippen molar-refractivity contribution in [2.45, 2.75) is 335 Å². The average Bonchev–Trinajstić information content (AvgIpc) is 4.28. The van der Waals surface area contributed by atoms with Crippen molar-refractivity contribution >= 4 is 0 Å². The van der Waals surface area contributed by atoms with Crippen molar-refractivity contribution in [3.8, 4) is 0 Å². The van der Waals surface area contributed by atoms with E-state index in [9.17, 15) is 10.2 Å². The molecule has 2 aliphatic rings. The quantitative estimate of drug-likeness (QED) is 0.0471. The van der Waals surface area contributed by atoms with E-state index in [1.807, 2.05) is 0 Å². The van der Waals surface area contributed by atoms with Crippen LogP contribution in [0.15, 0.2) is 24.3 Å². The van der Waals surface area contributed by atoms with Crippen molar-refractivity contribution < 1.29 is 19.7 Å². The summed E-state index contributed by atoms with van der Waals surface area (Å²) in [6.45, 7) is 11.8. The monoisotopic (exact) mass is 957 g/mol. The van der Waals surface area contributed by atoms with Crippen LogP contribution < -0.4 is 0 Å². The van der Waals surface area contributed by atoms with Gasteiger partial charge < -0.3 is 19.7 Å². The highest BCUT2D eigenvalue weighted by Crippen LogP contribution is 2.54. The summed E-state index contributed by atoms with van der Waals surface area (Å²) in [5, 5.41) is 20.2. The smallest absolute Gasteiger partial charge is 0.0773 e. The van der Waals surface area contributed by atoms with Gasteiger partial charge >= 0.3 is 0 Å². The van der Waals surface area contributed by atoms with Crippen molar-refractivity contribution in [3.63, 3.8) is 0 Å². The maximum Gasteiger partial charge on any atom is 0.0773 e. The molecule has 4 heteroatoms. The Balaban J connectivity index is 0.000000682. The molecule has 4 nitrogen and oxygen atoms in total. The molecule has 0 aromatic carbocycles. The highest BCUT2D eigenvalue weighted by Gasteiger charge is 2.44. The van der Waals surface area contributed by atoms with Crippen LogP contribution in [-0.2, 0) is 9.47 Å². The lowest BCUT2D eigenvalue weighted by molar-refractivity contribution is 0.0297. The first-order valence-electron chi connectivity index (χ1n) is 31.4. The summed E-state index contributed by atoms with van der Waals surface area (Å²) >= 11 is 0. The van der Waals surface area contributed by atoms with Crippen LogP contribution >= 0.6 is 0 Å². The van der Waals surface area contributed by atoms with Crippen LogP contribution in [0, 0.1) is 23.7 Å². The van der Waals surface area contributed by atoms with E-state index >= 15 is 0 Å². The van der Waals surface area contributed by atoms with Gasteiger partial charge in [-0.3, -0.25) is 0 Å². The predicted molar refractivity (Wildman–Crippen MR) is 301 cm³/mol. The van der Waals surface area contributed by atoms with Gasteiger partial charge in [0.05, 0.1) is 25.4 Å². The number of unbranched alkanes of at least 4 members (excludes halogenated alkanes) is 32. The van der Waals surface area contributed by atoms with Crippen LogP contribution in [0.4, 0.5) is 0 Å². The Labute approximate surface area is 427 Å². The first kappa shape index (κ1) is 65.3. The van der Waals surface area contributed by atoms with E-state index in [1.165, 1.54) is 231 Å². The van der Waals surface area contributed by atoms with Gasteiger partial charge in [0.25, 0.3) is 0 Å². The van der Waals surface area contributed by atoms with Gasteiger partial charge in [0.2, 0.25) is 0 Å². The maximum absolute atomic E-state index is 10.1. The second kappa shape index (κ2) is 52.6. The van der Waals surface area contributed by atoms with Gasteiger partial charge in [-0.1, -0.05) is 270 Å². The summed E-state index contributed by atoms with van der Waals surface area (Å²) in [6, 6.07) is 0. The molecule has 68 heavy (non-hydrogen) atoms. The molecular formula is C64H124O4. The molecule has 0 spiro atoms. The van der Waals surface area contributed by atoms with Crippen LogP contribution in [0.1, 0.15) is 323 Å². The van der Waals surface area contributed by atoms with Crippen LogP contribution in [0.5, 0.6) is 0 Å². The molecule has 2 fully saturated rings. The standard InChI is InChI=1S/C33H64O2.C31H60O2/c1-3-5-7-8-9-10-11-15-19-23-33(34)28-35-24-20-16-13-12-14-18-22-30-26-32(30)27-31-25-29(31)21-17-6-4-2;1-3-5-7-9-11-13-14-15-16-17-18-19-21-23-25-27-29-33-30-31(32)28-26-24-22-20-12-10-8-6-4-2/h29-34H,3-28H2,1-2H3;11,13,15-16,31-32H,3-10,12,14,17-30H2,1-2H3/b;13-11-,16-15-/t29?,30?,31?,32?,33-;31-/m11/s1. The Morgan fingerprint density at radius 2 is 0.662 bits per heavy atom. The predicted octanol–water partition coefficient (Wildman–Crippen LogP) is 20.4. The third-order valence-electron chi connectivity index (χ3n) is 15.4. The molecule has 2 N–H and O–H groups in total. The fourth-order valence-corrected chi connectivity index (χ4v) is 10.4. The van der Waals surface area contributed by atoms with Gasteiger partial charge in [-0.25, -0.2) is 0 Å². The first-order valence-corrected chi connectivity index (χ1v) is 31.4. The van der Waals surface area contributed by atoms with Gasteiger partial charge in [0.15, 0.2) is 0 Å². The molecule has 0 heterocycles. The molecule has 0 radical (unpaired) electrons. The van der Waals surface area contributed by atoms with Crippen molar-refractivity contribution in [1.82, 2.24) is 0 Å². The van der Waals surface area contributed by atoms with Crippen molar-refractivity contribution in [3.05, 3.63) is 24.3 Å². The minimum Gasteiger partial charge on any atom is -0.391 e. The van der Waals surface area contributed by atoms with Crippen LogP contribution in [0.25, 0.3) is 0 Å². The second-order valence-corrected chi connectivity index (χ2v) is 22.4. The molecule has 404 valence electrons. The molecular weight excluding hydrogens is 833 g/mol. The van der Waals surface area contributed by atoms with Crippen molar-refractivity contribution in [2.24, 2.45) is 23.7 Å². The average molecular weight is 958 g/mol.